The van der Waals surface area contributed by atoms with E-state index in [1.165, 1.54) is 22.2 Å². The summed E-state index contributed by atoms with van der Waals surface area (Å²) in [5.41, 5.74) is 11.7. The van der Waals surface area contributed by atoms with Gasteiger partial charge in [-0.1, -0.05) is 85.0 Å². The number of para-hydroxylation sites is 2. The largest absolute Gasteiger partial charge is 0.332 e. The third-order valence-corrected chi connectivity index (χ3v) is 10.00. The molecule has 2 aliphatic carbocycles. The second kappa shape index (κ2) is 11.9. The number of aromatic nitrogens is 2. The Balaban J connectivity index is 1.26. The molecule has 4 nitrogen and oxygen atoms in total. The molecule has 0 N–H and O–H groups in total. The summed E-state index contributed by atoms with van der Waals surface area (Å²) in [6.07, 6.45) is 19.8. The lowest BCUT2D eigenvalue weighted by Crippen LogP contribution is -2.18. The molecule has 0 aliphatic heterocycles. The van der Waals surface area contributed by atoms with Crippen molar-refractivity contribution in [2.75, 3.05) is 0 Å². The van der Waals surface area contributed by atoms with Crippen molar-refractivity contribution >= 4 is 50.1 Å². The van der Waals surface area contributed by atoms with Gasteiger partial charge in [-0.05, 0) is 97.5 Å². The first kappa shape index (κ1) is 29.3. The van der Waals surface area contributed by atoms with E-state index in [2.05, 4.69) is 144 Å². The van der Waals surface area contributed by atoms with Gasteiger partial charge < -0.3 is 9.13 Å². The van der Waals surface area contributed by atoms with Gasteiger partial charge >= 0.3 is 0 Å². The van der Waals surface area contributed by atoms with E-state index >= 15 is 0 Å². The molecule has 4 aromatic carbocycles. The molecule has 2 aromatic heterocycles. The van der Waals surface area contributed by atoms with E-state index in [-0.39, 0.29) is 12.0 Å². The summed E-state index contributed by atoms with van der Waals surface area (Å²) < 4.78 is 4.77. The molecule has 48 heavy (non-hydrogen) atoms. The van der Waals surface area contributed by atoms with Crippen LogP contribution in [0.1, 0.15) is 65.7 Å². The van der Waals surface area contributed by atoms with Crippen molar-refractivity contribution < 1.29 is 0 Å². The van der Waals surface area contributed by atoms with Crippen molar-refractivity contribution in [2.45, 2.75) is 38.6 Å². The Morgan fingerprint density at radius 1 is 0.771 bits per heavy atom. The van der Waals surface area contributed by atoms with E-state index < -0.39 is 0 Å². The molecule has 2 aliphatic rings. The zero-order valence-electron chi connectivity index (χ0n) is 27.1. The zero-order chi connectivity index (χ0) is 32.8. The predicted octanol–water partition coefficient (Wildman–Crippen LogP) is 10.9. The lowest BCUT2D eigenvalue weighted by Gasteiger charge is -2.30. The number of hydrogen-bond acceptors (Lipinski definition) is 2. The van der Waals surface area contributed by atoms with Gasteiger partial charge in [-0.2, -0.15) is 10.5 Å². The van der Waals surface area contributed by atoms with Crippen LogP contribution in [0.5, 0.6) is 0 Å². The SMILES string of the molecule is C/C(=C\C=C(/C)n1c2c(c3ccccc31)CCC=C2)c1c(C#N)cccc1C1C=CC=CC1n1c2ccccc2c2cc(C#N)ccc21. The van der Waals surface area contributed by atoms with E-state index in [9.17, 15) is 10.5 Å². The lowest BCUT2D eigenvalue weighted by atomic mass is 9.81. The summed E-state index contributed by atoms with van der Waals surface area (Å²) >= 11 is 0. The Labute approximate surface area is 280 Å². The van der Waals surface area contributed by atoms with Gasteiger partial charge in [0, 0.05) is 44.5 Å². The van der Waals surface area contributed by atoms with Crippen molar-refractivity contribution in [1.29, 1.82) is 10.5 Å². The maximum atomic E-state index is 10.4. The molecule has 230 valence electrons. The predicted molar refractivity (Wildman–Crippen MR) is 198 cm³/mol. The number of nitriles is 2. The summed E-state index contributed by atoms with van der Waals surface area (Å²) in [5.74, 6) is -0.0214. The number of hydrogen-bond donors (Lipinski definition) is 0. The van der Waals surface area contributed by atoms with Crippen LogP contribution in [-0.4, -0.2) is 9.13 Å². The zero-order valence-corrected chi connectivity index (χ0v) is 27.1. The average molecular weight is 619 g/mol. The first-order valence-electron chi connectivity index (χ1n) is 16.5. The average Bonchev–Trinajstić information content (AvgIpc) is 3.66. The minimum atomic E-state index is -0.0346. The van der Waals surface area contributed by atoms with Crippen LogP contribution in [0.25, 0.3) is 50.1 Å². The smallest absolute Gasteiger partial charge is 0.0998 e. The summed E-state index contributed by atoms with van der Waals surface area (Å²) in [4.78, 5) is 0. The first-order chi connectivity index (χ1) is 23.6. The third-order valence-electron chi connectivity index (χ3n) is 10.00. The molecule has 4 heteroatoms. The quantitative estimate of drug-likeness (QED) is 0.181. The number of nitrogens with zero attached hydrogens (tertiary/aromatic N) is 4. The van der Waals surface area contributed by atoms with Crippen LogP contribution >= 0.6 is 0 Å². The molecule has 2 atom stereocenters. The Morgan fingerprint density at radius 3 is 2.38 bits per heavy atom. The van der Waals surface area contributed by atoms with E-state index in [4.69, 9.17) is 0 Å². The summed E-state index contributed by atoms with van der Waals surface area (Å²) in [5, 5.41) is 23.6. The van der Waals surface area contributed by atoms with Crippen LogP contribution in [0, 0.1) is 22.7 Å². The highest BCUT2D eigenvalue weighted by Gasteiger charge is 2.28. The van der Waals surface area contributed by atoms with Crippen molar-refractivity contribution in [1.82, 2.24) is 9.13 Å². The fourth-order valence-electron chi connectivity index (χ4n) is 7.88. The van der Waals surface area contributed by atoms with Crippen LogP contribution in [-0.2, 0) is 6.42 Å². The van der Waals surface area contributed by atoms with Crippen LogP contribution in [0.15, 0.2) is 127 Å². The maximum Gasteiger partial charge on any atom is 0.0998 e. The second-order valence-corrected chi connectivity index (χ2v) is 12.7. The highest BCUT2D eigenvalue weighted by Crippen LogP contribution is 2.43. The number of rotatable bonds is 5. The summed E-state index contributed by atoms with van der Waals surface area (Å²) in [6, 6.07) is 34.0. The van der Waals surface area contributed by atoms with Gasteiger partial charge in [0.1, 0.15) is 0 Å². The van der Waals surface area contributed by atoms with E-state index in [1.807, 2.05) is 24.3 Å². The van der Waals surface area contributed by atoms with Crippen molar-refractivity contribution in [3.8, 4) is 12.1 Å². The number of fused-ring (bicyclic) bond motifs is 6. The normalized spacial score (nSPS) is 17.6. The van der Waals surface area contributed by atoms with Crippen molar-refractivity contribution in [3.05, 3.63) is 161 Å². The molecule has 0 radical (unpaired) electrons. The monoisotopic (exact) mass is 618 g/mol. The van der Waals surface area contributed by atoms with Gasteiger partial charge in [-0.3, -0.25) is 0 Å². The Hall–Kier alpha value is -6.10. The highest BCUT2D eigenvalue weighted by molar-refractivity contribution is 6.08. The molecule has 2 heterocycles. The summed E-state index contributed by atoms with van der Waals surface area (Å²) in [7, 11) is 0. The van der Waals surface area contributed by atoms with Gasteiger partial charge in [0.2, 0.25) is 0 Å². The molecule has 0 spiro atoms. The molecule has 8 rings (SSSR count). The van der Waals surface area contributed by atoms with Crippen molar-refractivity contribution in [3.63, 3.8) is 0 Å². The van der Waals surface area contributed by atoms with Crippen molar-refractivity contribution in [2.24, 2.45) is 0 Å². The van der Waals surface area contributed by atoms with Gasteiger partial charge in [0.25, 0.3) is 0 Å². The van der Waals surface area contributed by atoms with E-state index in [0.29, 0.717) is 11.1 Å². The van der Waals surface area contributed by atoms with Crippen LogP contribution in [0.4, 0.5) is 0 Å². The Bertz CT molecular complexity index is 2510. The van der Waals surface area contributed by atoms with E-state index in [0.717, 1.165) is 57.0 Å². The third kappa shape index (κ3) is 4.65. The number of benzene rings is 4. The van der Waals surface area contributed by atoms with Gasteiger partial charge in [-0.25, -0.2) is 0 Å². The maximum absolute atomic E-state index is 10.4. The highest BCUT2D eigenvalue weighted by atomic mass is 15.0. The van der Waals surface area contributed by atoms with Crippen LogP contribution < -0.4 is 0 Å². The minimum Gasteiger partial charge on any atom is -0.332 e. The number of aryl methyl sites for hydroxylation is 1. The molecule has 0 bridgehead atoms. The Kier molecular flexibility index (Phi) is 7.28. The Morgan fingerprint density at radius 2 is 1.54 bits per heavy atom. The second-order valence-electron chi connectivity index (χ2n) is 12.7. The molecule has 0 saturated carbocycles. The minimum absolute atomic E-state index is 0.0214. The molecular formula is C44H34N4. The molecular weight excluding hydrogens is 585 g/mol. The fraction of sp³-hybridized carbons (Fsp3) is 0.136. The topological polar surface area (TPSA) is 57.4 Å². The lowest BCUT2D eigenvalue weighted by molar-refractivity contribution is 0.575. The summed E-state index contributed by atoms with van der Waals surface area (Å²) in [6.45, 7) is 4.29. The van der Waals surface area contributed by atoms with Gasteiger partial charge in [-0.15, -0.1) is 0 Å². The molecule has 0 amide bonds. The standard InChI is InChI=1S/C44H34N4/c1-29(22-23-30(2)47-39-18-7-3-13-33(39)34-14-4-8-19-40(34)47)44-32(28-46)12-11-17-37(44)35-15-5-9-20-41(35)48-42-21-10-6-16-36(42)38-26-31(27-45)24-25-43(38)48/h3,5-13,15-26,35,41H,4,14H2,1-2H3/b29-22+,30-23+. The van der Waals surface area contributed by atoms with Gasteiger partial charge in [0.05, 0.1) is 34.8 Å². The van der Waals surface area contributed by atoms with Crippen LogP contribution in [0.2, 0.25) is 0 Å². The van der Waals surface area contributed by atoms with Gasteiger partial charge in [0.15, 0.2) is 0 Å². The number of allylic oxidation sites excluding steroid dienone is 9. The first-order valence-corrected chi connectivity index (χ1v) is 16.5. The molecule has 0 saturated heterocycles. The fourth-order valence-corrected chi connectivity index (χ4v) is 7.88. The van der Waals surface area contributed by atoms with E-state index in [1.54, 1.807) is 0 Å². The molecule has 6 aromatic rings. The molecule has 0 fully saturated rings. The molecule has 2 unspecified atom stereocenters. The van der Waals surface area contributed by atoms with Crippen LogP contribution in [0.3, 0.4) is 0 Å².